The summed E-state index contributed by atoms with van der Waals surface area (Å²) in [5.41, 5.74) is 1.14. The van der Waals surface area contributed by atoms with E-state index in [0.29, 0.717) is 12.1 Å². The zero-order chi connectivity index (χ0) is 13.0. The third kappa shape index (κ3) is 3.43. The molecule has 0 aromatic heterocycles. The minimum absolute atomic E-state index is 0.0687. The lowest BCUT2D eigenvalue weighted by atomic mass is 10.0. The van der Waals surface area contributed by atoms with Gasteiger partial charge < -0.3 is 5.32 Å². The molecule has 1 aromatic carbocycles. The van der Waals surface area contributed by atoms with Gasteiger partial charge in [-0.15, -0.1) is 11.8 Å². The first kappa shape index (κ1) is 14.2. The Kier molecular flexibility index (Phi) is 5.39. The number of rotatable bonds is 5. The molecule has 100 valence electrons. The number of hydrogen-bond acceptors (Lipinski definition) is 3. The van der Waals surface area contributed by atoms with Crippen molar-refractivity contribution in [2.45, 2.75) is 36.7 Å². The summed E-state index contributed by atoms with van der Waals surface area (Å²) in [6, 6.07) is 6.24. The molecule has 2 unspecified atom stereocenters. The van der Waals surface area contributed by atoms with Gasteiger partial charge in [0.15, 0.2) is 0 Å². The van der Waals surface area contributed by atoms with Gasteiger partial charge in [-0.3, -0.25) is 0 Å². The lowest BCUT2D eigenvalue weighted by Crippen LogP contribution is -2.33. The Morgan fingerprint density at radius 3 is 3.17 bits per heavy atom. The van der Waals surface area contributed by atoms with Crippen molar-refractivity contribution < 1.29 is 4.39 Å². The lowest BCUT2D eigenvalue weighted by Gasteiger charge is -2.29. The van der Waals surface area contributed by atoms with E-state index < -0.39 is 0 Å². The van der Waals surface area contributed by atoms with Gasteiger partial charge in [0, 0.05) is 17.0 Å². The van der Waals surface area contributed by atoms with Crippen LogP contribution in [0.3, 0.4) is 0 Å². The van der Waals surface area contributed by atoms with Crippen molar-refractivity contribution in [1.29, 1.82) is 0 Å². The molecule has 0 saturated heterocycles. The molecule has 18 heavy (non-hydrogen) atoms. The maximum Gasteiger partial charge on any atom is 0.137 e. The van der Waals surface area contributed by atoms with E-state index in [9.17, 15) is 4.39 Å². The van der Waals surface area contributed by atoms with E-state index >= 15 is 0 Å². The van der Waals surface area contributed by atoms with Gasteiger partial charge in [-0.05, 0) is 49.2 Å². The van der Waals surface area contributed by atoms with Crippen LogP contribution in [-0.4, -0.2) is 23.8 Å². The summed E-state index contributed by atoms with van der Waals surface area (Å²) in [5.74, 6) is 2.10. The van der Waals surface area contributed by atoms with Crippen molar-refractivity contribution in [2.24, 2.45) is 0 Å². The van der Waals surface area contributed by atoms with Gasteiger partial charge in [0.2, 0.25) is 0 Å². The fourth-order valence-corrected chi connectivity index (χ4v) is 4.01. The highest BCUT2D eigenvalue weighted by Gasteiger charge is 2.23. The Morgan fingerprint density at radius 2 is 2.39 bits per heavy atom. The van der Waals surface area contributed by atoms with Crippen molar-refractivity contribution in [1.82, 2.24) is 5.32 Å². The normalized spacial score (nSPS) is 20.5. The molecule has 2 atom stereocenters. The molecule has 1 nitrogen and oxygen atoms in total. The van der Waals surface area contributed by atoms with Gasteiger partial charge >= 0.3 is 0 Å². The molecular formula is C14H20FNS2. The Morgan fingerprint density at radius 1 is 1.56 bits per heavy atom. The van der Waals surface area contributed by atoms with Gasteiger partial charge in [-0.1, -0.05) is 12.1 Å². The van der Waals surface area contributed by atoms with E-state index in [2.05, 4.69) is 24.6 Å². The van der Waals surface area contributed by atoms with E-state index in [0.717, 1.165) is 29.1 Å². The predicted molar refractivity (Wildman–Crippen MR) is 80.1 cm³/mol. The number of benzene rings is 1. The lowest BCUT2D eigenvalue weighted by molar-refractivity contribution is 0.429. The number of fused-ring (bicyclic) bond motifs is 1. The fourth-order valence-electron chi connectivity index (χ4n) is 2.28. The standard InChI is InChI=1S/C14H20FNS2/c1-10(6-8-17-2)16-13-7-9-18-14-11(13)4-3-5-12(14)15/h3-5,10,13,16H,6-9H2,1-2H3. The van der Waals surface area contributed by atoms with Crippen LogP contribution in [0.25, 0.3) is 0 Å². The van der Waals surface area contributed by atoms with Crippen LogP contribution in [-0.2, 0) is 0 Å². The molecule has 1 aliphatic rings. The largest absolute Gasteiger partial charge is 0.307 e. The molecule has 1 heterocycles. The molecule has 0 aliphatic carbocycles. The maximum absolute atomic E-state index is 13.7. The molecular weight excluding hydrogens is 265 g/mol. The zero-order valence-corrected chi connectivity index (χ0v) is 12.5. The molecule has 2 rings (SSSR count). The smallest absolute Gasteiger partial charge is 0.137 e. The monoisotopic (exact) mass is 285 g/mol. The molecule has 0 fully saturated rings. The van der Waals surface area contributed by atoms with E-state index in [1.807, 2.05) is 17.8 Å². The van der Waals surface area contributed by atoms with Crippen molar-refractivity contribution >= 4 is 23.5 Å². The minimum atomic E-state index is -0.0687. The van der Waals surface area contributed by atoms with E-state index in [-0.39, 0.29) is 5.82 Å². The quantitative estimate of drug-likeness (QED) is 0.875. The van der Waals surface area contributed by atoms with Gasteiger partial charge in [-0.2, -0.15) is 11.8 Å². The van der Waals surface area contributed by atoms with Gasteiger partial charge in [0.25, 0.3) is 0 Å². The highest BCUT2D eigenvalue weighted by molar-refractivity contribution is 7.99. The van der Waals surface area contributed by atoms with Crippen LogP contribution < -0.4 is 5.32 Å². The Bertz CT molecular complexity index is 397. The SMILES string of the molecule is CSCCC(C)NC1CCSc2c(F)cccc21. The molecule has 1 N–H and O–H groups in total. The second kappa shape index (κ2) is 6.83. The first-order valence-corrected chi connectivity index (χ1v) is 8.76. The molecule has 0 amide bonds. The van der Waals surface area contributed by atoms with Gasteiger partial charge in [-0.25, -0.2) is 4.39 Å². The van der Waals surface area contributed by atoms with Crippen LogP contribution in [0.15, 0.2) is 23.1 Å². The Labute approximate surface area is 117 Å². The molecule has 0 saturated carbocycles. The second-order valence-corrected chi connectivity index (χ2v) is 6.79. The van der Waals surface area contributed by atoms with Crippen LogP contribution in [0, 0.1) is 5.82 Å². The molecule has 1 aliphatic heterocycles. The second-order valence-electron chi connectivity index (χ2n) is 4.70. The summed E-state index contributed by atoms with van der Waals surface area (Å²) < 4.78 is 13.7. The molecule has 0 spiro atoms. The number of halogens is 1. The highest BCUT2D eigenvalue weighted by Crippen LogP contribution is 2.37. The first-order chi connectivity index (χ1) is 8.72. The van der Waals surface area contributed by atoms with E-state index in [1.165, 1.54) is 5.75 Å². The predicted octanol–water partition coefficient (Wildman–Crippen LogP) is 4.09. The average molecular weight is 285 g/mol. The van der Waals surface area contributed by atoms with Crippen LogP contribution in [0.4, 0.5) is 4.39 Å². The van der Waals surface area contributed by atoms with Crippen LogP contribution in [0.2, 0.25) is 0 Å². The maximum atomic E-state index is 13.7. The van der Waals surface area contributed by atoms with E-state index in [1.54, 1.807) is 17.8 Å². The summed E-state index contributed by atoms with van der Waals surface area (Å²) >= 11 is 3.52. The number of thioether (sulfide) groups is 2. The minimum Gasteiger partial charge on any atom is -0.307 e. The van der Waals surface area contributed by atoms with Gasteiger partial charge in [0.05, 0.1) is 0 Å². The van der Waals surface area contributed by atoms with Gasteiger partial charge in [0.1, 0.15) is 5.82 Å². The molecule has 4 heteroatoms. The van der Waals surface area contributed by atoms with Crippen molar-refractivity contribution in [3.8, 4) is 0 Å². The van der Waals surface area contributed by atoms with Crippen LogP contribution >= 0.6 is 23.5 Å². The first-order valence-electron chi connectivity index (χ1n) is 6.38. The third-order valence-electron chi connectivity index (χ3n) is 3.27. The third-order valence-corrected chi connectivity index (χ3v) is 5.07. The summed E-state index contributed by atoms with van der Waals surface area (Å²) in [6.45, 7) is 2.22. The van der Waals surface area contributed by atoms with E-state index in [4.69, 9.17) is 0 Å². The molecule has 0 bridgehead atoms. The average Bonchev–Trinajstić information content (AvgIpc) is 2.38. The Hall–Kier alpha value is -0.190. The highest BCUT2D eigenvalue weighted by atomic mass is 32.2. The molecule has 0 radical (unpaired) electrons. The summed E-state index contributed by atoms with van der Waals surface area (Å²) in [7, 11) is 0. The van der Waals surface area contributed by atoms with Crippen LogP contribution in [0.1, 0.15) is 31.4 Å². The summed E-state index contributed by atoms with van der Waals surface area (Å²) in [5, 5.41) is 3.64. The fraction of sp³-hybridized carbons (Fsp3) is 0.571. The topological polar surface area (TPSA) is 12.0 Å². The Balaban J connectivity index is 2.06. The number of nitrogens with one attached hydrogen (secondary N) is 1. The zero-order valence-electron chi connectivity index (χ0n) is 10.9. The van der Waals surface area contributed by atoms with Crippen molar-refractivity contribution in [3.63, 3.8) is 0 Å². The summed E-state index contributed by atoms with van der Waals surface area (Å²) in [4.78, 5) is 0.846. The van der Waals surface area contributed by atoms with Crippen molar-refractivity contribution in [2.75, 3.05) is 17.8 Å². The molecule has 1 aromatic rings. The van der Waals surface area contributed by atoms with Crippen LogP contribution in [0.5, 0.6) is 0 Å². The van der Waals surface area contributed by atoms with Crippen molar-refractivity contribution in [3.05, 3.63) is 29.6 Å². The summed E-state index contributed by atoms with van der Waals surface area (Å²) in [6.07, 6.45) is 4.38. The number of hydrogen-bond donors (Lipinski definition) is 1.